The van der Waals surface area contributed by atoms with Gasteiger partial charge in [0.25, 0.3) is 0 Å². The summed E-state index contributed by atoms with van der Waals surface area (Å²) in [5, 5.41) is 2.67. The van der Waals surface area contributed by atoms with Crippen LogP contribution >= 0.6 is 11.3 Å². The van der Waals surface area contributed by atoms with Gasteiger partial charge in [-0.25, -0.2) is 9.97 Å². The highest BCUT2D eigenvalue weighted by atomic mass is 32.1. The molecule has 0 radical (unpaired) electrons. The average Bonchev–Trinajstić information content (AvgIpc) is 3.17. The van der Waals surface area contributed by atoms with Crippen molar-refractivity contribution < 1.29 is 9.59 Å². The fourth-order valence-electron chi connectivity index (χ4n) is 3.71. The van der Waals surface area contributed by atoms with E-state index in [4.69, 9.17) is 5.73 Å². The molecule has 0 saturated carbocycles. The van der Waals surface area contributed by atoms with Crippen LogP contribution in [0.1, 0.15) is 42.8 Å². The van der Waals surface area contributed by atoms with E-state index in [1.807, 2.05) is 26.0 Å². The van der Waals surface area contributed by atoms with Crippen molar-refractivity contribution in [2.45, 2.75) is 46.1 Å². The summed E-state index contributed by atoms with van der Waals surface area (Å²) in [4.78, 5) is 36.9. The molecule has 2 aromatic heterocycles. The zero-order valence-electron chi connectivity index (χ0n) is 18.2. The van der Waals surface area contributed by atoms with Gasteiger partial charge in [-0.3, -0.25) is 9.59 Å². The van der Waals surface area contributed by atoms with Crippen LogP contribution in [0.4, 0.5) is 11.5 Å². The molecule has 164 valence electrons. The van der Waals surface area contributed by atoms with Gasteiger partial charge in [0.1, 0.15) is 5.82 Å². The number of carbonyl (C=O) groups is 2. The molecule has 3 rings (SSSR count). The number of pyridine rings is 1. The standard InChI is InChI=1S/C23H29N5O2S/c1-5-17-10-18(11-25-21(17)24)27-22(29)23(30)28-12-14(2)6-8-19(28)15(3)7-9-20-16(4)26-13-31-20/h7,9-11,13-14,19H,3,5-6,8,12H2,1-2,4H3,(H2,24,25)(H,27,29)/b9-7-/t14-,19+/m1/s1. The van der Waals surface area contributed by atoms with E-state index in [0.29, 0.717) is 30.4 Å². The third kappa shape index (κ3) is 5.38. The Labute approximate surface area is 187 Å². The molecule has 8 heteroatoms. The summed E-state index contributed by atoms with van der Waals surface area (Å²) in [6.07, 6.45) is 7.81. The molecule has 2 atom stereocenters. The topological polar surface area (TPSA) is 101 Å². The monoisotopic (exact) mass is 439 g/mol. The number of rotatable bonds is 5. The Bertz CT molecular complexity index is 1010. The Morgan fingerprint density at radius 1 is 1.39 bits per heavy atom. The third-order valence-corrected chi connectivity index (χ3v) is 6.47. The van der Waals surface area contributed by atoms with E-state index in [1.165, 1.54) is 6.20 Å². The molecule has 1 fully saturated rings. The Balaban J connectivity index is 1.74. The van der Waals surface area contributed by atoms with Crippen LogP contribution in [0, 0.1) is 12.8 Å². The molecule has 1 aliphatic rings. The Morgan fingerprint density at radius 3 is 2.84 bits per heavy atom. The van der Waals surface area contributed by atoms with Crippen LogP contribution in [0.2, 0.25) is 0 Å². The van der Waals surface area contributed by atoms with Crippen molar-refractivity contribution in [2.24, 2.45) is 5.92 Å². The normalized spacial score (nSPS) is 18.9. The highest BCUT2D eigenvalue weighted by Crippen LogP contribution is 2.28. The fraction of sp³-hybridized carbons (Fsp3) is 0.391. The molecule has 1 saturated heterocycles. The molecule has 7 nitrogen and oxygen atoms in total. The van der Waals surface area contributed by atoms with E-state index in [1.54, 1.807) is 27.8 Å². The van der Waals surface area contributed by atoms with Gasteiger partial charge in [0, 0.05) is 11.4 Å². The van der Waals surface area contributed by atoms with Gasteiger partial charge in [-0.15, -0.1) is 11.3 Å². The number of hydrogen-bond acceptors (Lipinski definition) is 6. The number of nitrogens with two attached hydrogens (primary N) is 1. The summed E-state index contributed by atoms with van der Waals surface area (Å²) in [5.74, 6) is -0.493. The molecule has 0 spiro atoms. The summed E-state index contributed by atoms with van der Waals surface area (Å²) < 4.78 is 0. The summed E-state index contributed by atoms with van der Waals surface area (Å²) in [5.41, 5.74) is 10.7. The van der Waals surface area contributed by atoms with Gasteiger partial charge in [0.05, 0.1) is 29.1 Å². The molecule has 3 N–H and O–H groups in total. The first-order valence-corrected chi connectivity index (χ1v) is 11.3. The lowest BCUT2D eigenvalue weighted by molar-refractivity contribution is -0.145. The summed E-state index contributed by atoms with van der Waals surface area (Å²) >= 11 is 1.56. The molecule has 2 amide bonds. The predicted octanol–water partition coefficient (Wildman–Crippen LogP) is 3.83. The van der Waals surface area contributed by atoms with Crippen LogP contribution < -0.4 is 11.1 Å². The maximum absolute atomic E-state index is 13.1. The lowest BCUT2D eigenvalue weighted by Crippen LogP contribution is -2.50. The highest BCUT2D eigenvalue weighted by Gasteiger charge is 2.34. The maximum Gasteiger partial charge on any atom is 0.313 e. The van der Waals surface area contributed by atoms with Crippen LogP contribution in [0.3, 0.4) is 0 Å². The predicted molar refractivity (Wildman–Crippen MR) is 126 cm³/mol. The number of carbonyl (C=O) groups excluding carboxylic acids is 2. The number of piperidine rings is 1. The van der Waals surface area contributed by atoms with Crippen LogP contribution in [-0.4, -0.2) is 39.3 Å². The van der Waals surface area contributed by atoms with Gasteiger partial charge in [0.15, 0.2) is 0 Å². The summed E-state index contributed by atoms with van der Waals surface area (Å²) in [7, 11) is 0. The maximum atomic E-state index is 13.1. The number of aryl methyl sites for hydroxylation is 2. The van der Waals surface area contributed by atoms with E-state index in [2.05, 4.69) is 28.8 Å². The number of aromatic nitrogens is 2. The third-order valence-electron chi connectivity index (χ3n) is 5.57. The van der Waals surface area contributed by atoms with E-state index in [9.17, 15) is 9.59 Å². The number of hydrogen-bond donors (Lipinski definition) is 2. The molecule has 0 bridgehead atoms. The van der Waals surface area contributed by atoms with E-state index in [0.717, 1.165) is 34.5 Å². The van der Waals surface area contributed by atoms with Gasteiger partial charge >= 0.3 is 11.8 Å². The molecule has 1 aliphatic heterocycles. The lowest BCUT2D eigenvalue weighted by Gasteiger charge is -2.38. The zero-order chi connectivity index (χ0) is 22.5. The number of nitrogens with zero attached hydrogens (tertiary/aromatic N) is 3. The van der Waals surface area contributed by atoms with E-state index >= 15 is 0 Å². The molecule has 31 heavy (non-hydrogen) atoms. The van der Waals surface area contributed by atoms with Crippen LogP contribution in [-0.2, 0) is 16.0 Å². The van der Waals surface area contributed by atoms with Gasteiger partial charge in [0.2, 0.25) is 0 Å². The van der Waals surface area contributed by atoms with Crippen molar-refractivity contribution in [3.63, 3.8) is 0 Å². The molecular formula is C23H29N5O2S. The number of likely N-dealkylation sites (tertiary alicyclic amines) is 1. The molecular weight excluding hydrogens is 410 g/mol. The second-order valence-electron chi connectivity index (χ2n) is 7.94. The number of amides is 2. The minimum Gasteiger partial charge on any atom is -0.383 e. The van der Waals surface area contributed by atoms with Crippen molar-refractivity contribution in [2.75, 3.05) is 17.6 Å². The minimum absolute atomic E-state index is 0.213. The van der Waals surface area contributed by atoms with Gasteiger partial charge in [-0.1, -0.05) is 26.5 Å². The van der Waals surface area contributed by atoms with Crippen molar-refractivity contribution in [3.8, 4) is 0 Å². The Morgan fingerprint density at radius 2 is 2.16 bits per heavy atom. The molecule has 2 aromatic rings. The van der Waals surface area contributed by atoms with Gasteiger partial charge < -0.3 is 16.0 Å². The number of thiazole rings is 1. The summed E-state index contributed by atoms with van der Waals surface area (Å²) in [6.45, 7) is 10.7. The minimum atomic E-state index is -0.678. The smallest absolute Gasteiger partial charge is 0.313 e. The van der Waals surface area contributed by atoms with E-state index < -0.39 is 11.8 Å². The molecule has 0 aromatic carbocycles. The van der Waals surface area contributed by atoms with Crippen molar-refractivity contribution in [1.29, 1.82) is 0 Å². The van der Waals surface area contributed by atoms with Crippen LogP contribution in [0.15, 0.2) is 36.0 Å². The van der Waals surface area contributed by atoms with Crippen molar-refractivity contribution in [1.82, 2.24) is 14.9 Å². The van der Waals surface area contributed by atoms with Gasteiger partial charge in [-0.05, 0) is 55.4 Å². The lowest BCUT2D eigenvalue weighted by atomic mass is 9.90. The molecule has 0 aliphatic carbocycles. The van der Waals surface area contributed by atoms with Crippen molar-refractivity contribution in [3.05, 3.63) is 52.1 Å². The largest absolute Gasteiger partial charge is 0.383 e. The average molecular weight is 440 g/mol. The molecule has 0 unspecified atom stereocenters. The second-order valence-corrected chi connectivity index (χ2v) is 8.83. The number of nitrogen functional groups attached to an aromatic ring is 1. The molecule has 3 heterocycles. The second kappa shape index (κ2) is 9.87. The zero-order valence-corrected chi connectivity index (χ0v) is 19.0. The van der Waals surface area contributed by atoms with Crippen molar-refractivity contribution >= 4 is 40.7 Å². The Kier molecular flexibility index (Phi) is 7.22. The SMILES string of the molecule is C=C(/C=C\c1scnc1C)[C@@H]1CC[C@@H](C)CN1C(=O)C(=O)Nc1cnc(N)c(CC)c1. The quantitative estimate of drug-likeness (QED) is 0.545. The van der Waals surface area contributed by atoms with Crippen LogP contribution in [0.5, 0.6) is 0 Å². The first-order chi connectivity index (χ1) is 14.8. The number of anilines is 2. The summed E-state index contributed by atoms with van der Waals surface area (Å²) in [6, 6.07) is 1.54. The first-order valence-electron chi connectivity index (χ1n) is 10.4. The highest BCUT2D eigenvalue weighted by molar-refractivity contribution is 7.10. The fourth-order valence-corrected chi connectivity index (χ4v) is 4.41. The Hall–Kier alpha value is -3.00. The van der Waals surface area contributed by atoms with E-state index in [-0.39, 0.29) is 6.04 Å². The first kappa shape index (κ1) is 22.7. The number of nitrogens with one attached hydrogen (secondary N) is 1. The van der Waals surface area contributed by atoms with Gasteiger partial charge in [-0.2, -0.15) is 0 Å². The van der Waals surface area contributed by atoms with Crippen LogP contribution in [0.25, 0.3) is 6.08 Å².